The predicted octanol–water partition coefficient (Wildman–Crippen LogP) is 4.91. The number of pyridine rings is 1. The smallest absolute Gasteiger partial charge is 0.179 e. The summed E-state index contributed by atoms with van der Waals surface area (Å²) in [5.74, 6) is 0.556. The highest BCUT2D eigenvalue weighted by atomic mass is 35.5. The lowest BCUT2D eigenvalue weighted by molar-refractivity contribution is -0.114. The molecule has 0 amide bonds. The van der Waals surface area contributed by atoms with Crippen LogP contribution in [0.1, 0.15) is 6.92 Å². The average Bonchev–Trinajstić information content (AvgIpc) is 3.47. The number of phenols is 1. The molecule has 0 atom stereocenters. The highest BCUT2D eigenvalue weighted by Crippen LogP contribution is 2.34. The summed E-state index contributed by atoms with van der Waals surface area (Å²) in [5, 5.41) is 15.7. The van der Waals surface area contributed by atoms with Crippen molar-refractivity contribution in [3.63, 3.8) is 0 Å². The number of carbonyl (C=O) groups excluding carboxylic acids is 1. The molecule has 0 radical (unpaired) electrons. The molecule has 2 aromatic carbocycles. The van der Waals surface area contributed by atoms with Crippen LogP contribution in [-0.4, -0.2) is 46.4 Å². The van der Waals surface area contributed by atoms with E-state index in [0.29, 0.717) is 38.4 Å². The van der Waals surface area contributed by atoms with Crippen molar-refractivity contribution < 1.29 is 9.90 Å². The number of benzene rings is 2. The van der Waals surface area contributed by atoms with Crippen molar-refractivity contribution in [1.82, 2.24) is 29.7 Å². The fourth-order valence-electron chi connectivity index (χ4n) is 3.39. The molecule has 0 unspecified atom stereocenters. The van der Waals surface area contributed by atoms with Gasteiger partial charge < -0.3 is 10.1 Å². The van der Waals surface area contributed by atoms with Gasteiger partial charge in [0.25, 0.3) is 0 Å². The molecular weight excluding hydrogens is 460 g/mol. The summed E-state index contributed by atoms with van der Waals surface area (Å²) in [6.07, 6.45) is 3.01. The maximum atomic E-state index is 11.2. The fraction of sp³-hybridized carbons (Fsp3) is 0.0870. The van der Waals surface area contributed by atoms with E-state index in [1.54, 1.807) is 23.1 Å². The molecule has 3 heterocycles. The lowest BCUT2D eigenvalue weighted by Gasteiger charge is -2.09. The van der Waals surface area contributed by atoms with Crippen LogP contribution in [-0.2, 0) is 4.79 Å². The molecule has 0 aliphatic rings. The van der Waals surface area contributed by atoms with Gasteiger partial charge in [0.1, 0.15) is 24.2 Å². The number of hydrogen-bond acceptors (Lipinski definition) is 7. The van der Waals surface area contributed by atoms with E-state index in [9.17, 15) is 9.90 Å². The van der Waals surface area contributed by atoms with Crippen LogP contribution in [0.25, 0.3) is 39.2 Å². The maximum Gasteiger partial charge on any atom is 0.179 e. The Morgan fingerprint density at radius 3 is 2.61 bits per heavy atom. The van der Waals surface area contributed by atoms with Gasteiger partial charge >= 0.3 is 0 Å². The molecule has 33 heavy (non-hydrogen) atoms. The van der Waals surface area contributed by atoms with Gasteiger partial charge in [0.15, 0.2) is 10.8 Å². The van der Waals surface area contributed by atoms with E-state index in [2.05, 4.69) is 25.0 Å². The summed E-state index contributed by atoms with van der Waals surface area (Å²) < 4.78 is 1.58. The zero-order valence-corrected chi connectivity index (χ0v) is 18.9. The van der Waals surface area contributed by atoms with Gasteiger partial charge in [-0.25, -0.2) is 19.6 Å². The van der Waals surface area contributed by atoms with Crippen molar-refractivity contribution in [3.8, 4) is 33.8 Å². The first kappa shape index (κ1) is 21.2. The molecule has 8 nitrogen and oxygen atoms in total. The van der Waals surface area contributed by atoms with Crippen LogP contribution in [0, 0.1) is 0 Å². The van der Waals surface area contributed by atoms with E-state index in [0.717, 1.165) is 16.8 Å². The number of nitrogens with one attached hydrogen (secondary N) is 1. The Morgan fingerprint density at radius 1 is 1.12 bits per heavy atom. The second-order valence-electron chi connectivity index (χ2n) is 7.34. The molecule has 0 aliphatic heterocycles. The van der Waals surface area contributed by atoms with E-state index in [4.69, 9.17) is 11.6 Å². The van der Waals surface area contributed by atoms with Gasteiger partial charge in [0.05, 0.1) is 27.7 Å². The number of thioether (sulfide) groups is 1. The minimum Gasteiger partial charge on any atom is -0.507 e. The van der Waals surface area contributed by atoms with Gasteiger partial charge in [0, 0.05) is 17.2 Å². The molecule has 0 saturated heterocycles. The fourth-order valence-corrected chi connectivity index (χ4v) is 4.33. The Labute approximate surface area is 197 Å². The Kier molecular flexibility index (Phi) is 5.57. The standard InChI is InChI=1S/C23H17ClN6O2S/c1-13(31)10-33-23-27-19-9-18(24)21(28-22(19)29-23)15-4-2-14(3-5-15)17-7-6-16(8-20(17)32)30-12-25-11-26-30/h2-9,11-12,32H,10H2,1H3,(H,27,28,29). The van der Waals surface area contributed by atoms with Gasteiger partial charge in [-0.2, -0.15) is 5.10 Å². The molecule has 5 rings (SSSR count). The number of nitrogens with zero attached hydrogens (tertiary/aromatic N) is 5. The first-order valence-corrected chi connectivity index (χ1v) is 11.3. The van der Waals surface area contributed by atoms with Crippen molar-refractivity contribution >= 4 is 40.3 Å². The van der Waals surface area contributed by atoms with E-state index in [-0.39, 0.29) is 11.5 Å². The maximum absolute atomic E-state index is 11.2. The first-order chi connectivity index (χ1) is 16.0. The first-order valence-electron chi connectivity index (χ1n) is 9.95. The summed E-state index contributed by atoms with van der Waals surface area (Å²) in [5.41, 5.74) is 4.94. The highest BCUT2D eigenvalue weighted by molar-refractivity contribution is 7.99. The molecule has 3 aromatic heterocycles. The topological polar surface area (TPSA) is 110 Å². The number of aromatic nitrogens is 6. The minimum atomic E-state index is 0.0753. The number of Topliss-reactive ketones (excluding diaryl/α,β-unsaturated/α-hetero) is 1. The number of aromatic amines is 1. The zero-order valence-electron chi connectivity index (χ0n) is 17.4. The van der Waals surface area contributed by atoms with E-state index in [1.165, 1.54) is 25.0 Å². The van der Waals surface area contributed by atoms with Crippen molar-refractivity contribution in [3.05, 3.63) is 66.2 Å². The zero-order chi connectivity index (χ0) is 22.9. The third kappa shape index (κ3) is 4.33. The number of imidazole rings is 1. The van der Waals surface area contributed by atoms with E-state index < -0.39 is 0 Å². The summed E-state index contributed by atoms with van der Waals surface area (Å²) in [7, 11) is 0. The number of carbonyl (C=O) groups is 1. The van der Waals surface area contributed by atoms with Crippen LogP contribution in [0.5, 0.6) is 5.75 Å². The van der Waals surface area contributed by atoms with Crippen molar-refractivity contribution in [1.29, 1.82) is 0 Å². The molecule has 5 aromatic rings. The van der Waals surface area contributed by atoms with Gasteiger partial charge in [-0.1, -0.05) is 47.6 Å². The summed E-state index contributed by atoms with van der Waals surface area (Å²) in [6, 6.07) is 14.7. The van der Waals surface area contributed by atoms with Gasteiger partial charge in [-0.3, -0.25) is 4.79 Å². The summed E-state index contributed by atoms with van der Waals surface area (Å²) in [4.78, 5) is 27.4. The lowest BCUT2D eigenvalue weighted by Crippen LogP contribution is -1.94. The largest absolute Gasteiger partial charge is 0.507 e. The van der Waals surface area contributed by atoms with Crippen LogP contribution < -0.4 is 0 Å². The van der Waals surface area contributed by atoms with Gasteiger partial charge in [-0.05, 0) is 30.7 Å². The number of aromatic hydroxyl groups is 1. The summed E-state index contributed by atoms with van der Waals surface area (Å²) in [6.45, 7) is 1.54. The molecule has 0 aliphatic carbocycles. The number of phenolic OH excluding ortho intramolecular Hbond substituents is 1. The molecule has 0 saturated carbocycles. The molecule has 0 spiro atoms. The Hall–Kier alpha value is -3.69. The minimum absolute atomic E-state index is 0.0753. The van der Waals surface area contributed by atoms with Crippen LogP contribution in [0.3, 0.4) is 0 Å². The van der Waals surface area contributed by atoms with Gasteiger partial charge in [0.2, 0.25) is 0 Å². The third-order valence-electron chi connectivity index (χ3n) is 4.95. The highest BCUT2D eigenvalue weighted by Gasteiger charge is 2.13. The van der Waals surface area contributed by atoms with Crippen LogP contribution in [0.2, 0.25) is 5.02 Å². The SMILES string of the molecule is CC(=O)CSc1nc2nc(-c3ccc(-c4ccc(-n5cncn5)cc4O)cc3)c(Cl)cc2[nH]1. The number of H-pyrrole nitrogens is 1. The average molecular weight is 477 g/mol. The van der Waals surface area contributed by atoms with Crippen LogP contribution in [0.4, 0.5) is 0 Å². The predicted molar refractivity (Wildman–Crippen MR) is 128 cm³/mol. The van der Waals surface area contributed by atoms with Crippen molar-refractivity contribution in [2.45, 2.75) is 12.1 Å². The van der Waals surface area contributed by atoms with Crippen molar-refractivity contribution in [2.75, 3.05) is 5.75 Å². The van der Waals surface area contributed by atoms with E-state index >= 15 is 0 Å². The van der Waals surface area contributed by atoms with Crippen molar-refractivity contribution in [2.24, 2.45) is 0 Å². The monoisotopic (exact) mass is 476 g/mol. The molecular formula is C23H17ClN6O2S. The normalized spacial score (nSPS) is 11.2. The number of rotatable bonds is 6. The molecule has 2 N–H and O–H groups in total. The van der Waals surface area contributed by atoms with Gasteiger partial charge in [-0.15, -0.1) is 0 Å². The molecule has 10 heteroatoms. The number of fused-ring (bicyclic) bond motifs is 1. The Balaban J connectivity index is 1.43. The summed E-state index contributed by atoms with van der Waals surface area (Å²) >= 11 is 7.83. The third-order valence-corrected chi connectivity index (χ3v) is 6.26. The second kappa shape index (κ2) is 8.68. The Morgan fingerprint density at radius 2 is 1.91 bits per heavy atom. The van der Waals surface area contributed by atoms with Crippen LogP contribution in [0.15, 0.2) is 66.3 Å². The van der Waals surface area contributed by atoms with E-state index in [1.807, 2.05) is 36.4 Å². The molecule has 0 fully saturated rings. The van der Waals surface area contributed by atoms with Crippen LogP contribution >= 0.6 is 23.4 Å². The number of ketones is 1. The second-order valence-corrected chi connectivity index (χ2v) is 8.71. The molecule has 164 valence electrons. The number of hydrogen-bond donors (Lipinski definition) is 2. The quantitative estimate of drug-likeness (QED) is 0.335. The lowest BCUT2D eigenvalue weighted by atomic mass is 10.0. The molecule has 0 bridgehead atoms. The Bertz CT molecular complexity index is 1460. The number of halogens is 1.